The van der Waals surface area contributed by atoms with E-state index in [0.29, 0.717) is 19.3 Å². The van der Waals surface area contributed by atoms with E-state index in [1.165, 1.54) is 10.9 Å². The number of aliphatic hydroxyl groups is 1. The average molecular weight is 297 g/mol. The molecule has 0 spiro atoms. The van der Waals surface area contributed by atoms with Gasteiger partial charge in [-0.3, -0.25) is 4.68 Å². The lowest BCUT2D eigenvalue weighted by Crippen LogP contribution is -2.36. The molecule has 0 aromatic carbocycles. The van der Waals surface area contributed by atoms with Crippen molar-refractivity contribution in [1.82, 2.24) is 9.78 Å². The summed E-state index contributed by atoms with van der Waals surface area (Å²) in [5, 5.41) is 14.4. The molecule has 2 rings (SSSR count). The Kier molecular flexibility index (Phi) is 4.11. The highest BCUT2D eigenvalue weighted by Crippen LogP contribution is 2.47. The van der Waals surface area contributed by atoms with Gasteiger partial charge in [0.2, 0.25) is 0 Å². The summed E-state index contributed by atoms with van der Waals surface area (Å²) in [5.41, 5.74) is 0.266. The Balaban J connectivity index is 2.28. The van der Waals surface area contributed by atoms with E-state index in [-0.39, 0.29) is 17.1 Å². The molecule has 0 aliphatic heterocycles. The van der Waals surface area contributed by atoms with Gasteiger partial charge in [0.15, 0.2) is 0 Å². The minimum Gasteiger partial charge on any atom is -0.386 e. The third-order valence-corrected chi connectivity index (χ3v) is 4.15. The molecule has 0 radical (unpaired) electrons. The lowest BCUT2D eigenvalue weighted by Gasteiger charge is -2.36. The number of alkyl halides is 3. The summed E-state index contributed by atoms with van der Waals surface area (Å²) in [6.45, 7) is 0. The van der Waals surface area contributed by atoms with Crippen LogP contribution in [0.5, 0.6) is 0 Å². The molecule has 1 aliphatic carbocycles. The van der Waals surface area contributed by atoms with Crippen LogP contribution in [0.1, 0.15) is 37.5 Å². The molecule has 1 heterocycles. The summed E-state index contributed by atoms with van der Waals surface area (Å²) < 4.78 is 40.4. The van der Waals surface area contributed by atoms with Gasteiger partial charge < -0.3 is 5.11 Å². The zero-order valence-electron chi connectivity index (χ0n) is 10.5. The van der Waals surface area contributed by atoms with Gasteiger partial charge in [-0.1, -0.05) is 24.4 Å². The Hall–Kier alpha value is -0.750. The molecule has 7 heteroatoms. The van der Waals surface area contributed by atoms with Gasteiger partial charge in [-0.05, 0) is 12.8 Å². The van der Waals surface area contributed by atoms with Crippen LogP contribution < -0.4 is 0 Å². The van der Waals surface area contributed by atoms with Gasteiger partial charge in [0, 0.05) is 13.0 Å². The van der Waals surface area contributed by atoms with Crippen LogP contribution in [0.4, 0.5) is 13.2 Å². The SMILES string of the molecule is Cn1ncc(Cl)c1C(O)C1CCCCC1C(F)(F)F. The maximum atomic E-state index is 13.0. The molecular weight excluding hydrogens is 281 g/mol. The Labute approximate surface area is 114 Å². The quantitative estimate of drug-likeness (QED) is 0.907. The predicted octanol–water partition coefficient (Wildman–Crippen LogP) is 3.48. The zero-order valence-corrected chi connectivity index (χ0v) is 11.2. The molecule has 1 saturated carbocycles. The molecule has 1 fully saturated rings. The predicted molar refractivity (Wildman–Crippen MR) is 64.7 cm³/mol. The van der Waals surface area contributed by atoms with Crippen molar-refractivity contribution in [3.63, 3.8) is 0 Å². The molecule has 3 unspecified atom stereocenters. The van der Waals surface area contributed by atoms with Crippen LogP contribution in [0.15, 0.2) is 6.20 Å². The summed E-state index contributed by atoms with van der Waals surface area (Å²) in [5.74, 6) is -2.32. The summed E-state index contributed by atoms with van der Waals surface area (Å²) in [4.78, 5) is 0. The number of aromatic nitrogens is 2. The summed E-state index contributed by atoms with van der Waals surface area (Å²) >= 11 is 5.90. The van der Waals surface area contributed by atoms with Crippen LogP contribution in [-0.4, -0.2) is 21.1 Å². The molecular formula is C12H16ClF3N2O. The Morgan fingerprint density at radius 3 is 2.58 bits per heavy atom. The number of halogens is 4. The van der Waals surface area contributed by atoms with Gasteiger partial charge in [-0.15, -0.1) is 0 Å². The van der Waals surface area contributed by atoms with E-state index in [1.807, 2.05) is 0 Å². The normalized spacial score (nSPS) is 26.4. The van der Waals surface area contributed by atoms with Crippen LogP contribution in [0, 0.1) is 11.8 Å². The summed E-state index contributed by atoms with van der Waals surface area (Å²) in [6.07, 6.45) is -2.50. The first-order chi connectivity index (χ1) is 8.82. The molecule has 1 aromatic heterocycles. The van der Waals surface area contributed by atoms with Crippen molar-refractivity contribution in [2.45, 2.75) is 38.0 Å². The monoisotopic (exact) mass is 296 g/mol. The van der Waals surface area contributed by atoms with Crippen molar-refractivity contribution in [1.29, 1.82) is 0 Å². The number of rotatable bonds is 2. The highest BCUT2D eigenvalue weighted by molar-refractivity contribution is 6.31. The number of hydrogen-bond donors (Lipinski definition) is 1. The van der Waals surface area contributed by atoms with Gasteiger partial charge in [0.05, 0.1) is 22.8 Å². The van der Waals surface area contributed by atoms with Crippen LogP contribution in [0.3, 0.4) is 0 Å². The van der Waals surface area contributed by atoms with E-state index in [4.69, 9.17) is 11.6 Å². The van der Waals surface area contributed by atoms with E-state index in [9.17, 15) is 18.3 Å². The van der Waals surface area contributed by atoms with Crippen LogP contribution in [0.2, 0.25) is 5.02 Å². The number of nitrogens with zero attached hydrogens (tertiary/aromatic N) is 2. The van der Waals surface area contributed by atoms with E-state index in [1.54, 1.807) is 7.05 Å². The van der Waals surface area contributed by atoms with E-state index < -0.39 is 24.1 Å². The van der Waals surface area contributed by atoms with Gasteiger partial charge >= 0.3 is 6.18 Å². The maximum Gasteiger partial charge on any atom is 0.392 e. The topological polar surface area (TPSA) is 38.0 Å². The van der Waals surface area contributed by atoms with Gasteiger partial charge in [-0.25, -0.2) is 0 Å². The number of aliphatic hydroxyl groups excluding tert-OH is 1. The number of aryl methyl sites for hydroxylation is 1. The second-order valence-electron chi connectivity index (χ2n) is 5.04. The fourth-order valence-corrected chi connectivity index (χ4v) is 3.18. The van der Waals surface area contributed by atoms with Crippen molar-refractivity contribution in [2.75, 3.05) is 0 Å². The van der Waals surface area contributed by atoms with Crippen LogP contribution in [-0.2, 0) is 7.05 Å². The van der Waals surface area contributed by atoms with Gasteiger partial charge in [0.25, 0.3) is 0 Å². The minimum atomic E-state index is -4.28. The molecule has 1 aromatic rings. The largest absolute Gasteiger partial charge is 0.392 e. The first-order valence-corrected chi connectivity index (χ1v) is 6.62. The molecule has 3 nitrogen and oxygen atoms in total. The lowest BCUT2D eigenvalue weighted by atomic mass is 9.75. The smallest absolute Gasteiger partial charge is 0.386 e. The fraction of sp³-hybridized carbons (Fsp3) is 0.750. The van der Waals surface area contributed by atoms with Crippen molar-refractivity contribution in [3.05, 3.63) is 16.9 Å². The molecule has 0 bridgehead atoms. The molecule has 19 heavy (non-hydrogen) atoms. The van der Waals surface area contributed by atoms with E-state index in [2.05, 4.69) is 5.10 Å². The second-order valence-corrected chi connectivity index (χ2v) is 5.45. The molecule has 0 saturated heterocycles. The third kappa shape index (κ3) is 2.89. The van der Waals surface area contributed by atoms with Crippen molar-refractivity contribution in [2.24, 2.45) is 18.9 Å². The zero-order chi connectivity index (χ0) is 14.2. The molecule has 108 valence electrons. The Morgan fingerprint density at radius 1 is 1.42 bits per heavy atom. The lowest BCUT2D eigenvalue weighted by molar-refractivity contribution is -0.207. The fourth-order valence-electron chi connectivity index (χ4n) is 2.90. The minimum absolute atomic E-state index is 0.0701. The standard InChI is InChI=1S/C12H16ClF3N2O/c1-18-10(9(13)6-17-18)11(19)7-4-2-3-5-8(7)12(14,15)16/h6-8,11,19H,2-5H2,1H3. The summed E-state index contributed by atoms with van der Waals surface area (Å²) in [7, 11) is 1.57. The third-order valence-electron chi connectivity index (χ3n) is 3.86. The van der Waals surface area contributed by atoms with Crippen molar-refractivity contribution in [3.8, 4) is 0 Å². The average Bonchev–Trinajstić information content (AvgIpc) is 2.67. The second kappa shape index (κ2) is 5.32. The molecule has 3 atom stereocenters. The van der Waals surface area contributed by atoms with Crippen LogP contribution in [0.25, 0.3) is 0 Å². The van der Waals surface area contributed by atoms with E-state index in [0.717, 1.165) is 0 Å². The Morgan fingerprint density at radius 2 is 2.05 bits per heavy atom. The van der Waals surface area contributed by atoms with Crippen molar-refractivity contribution >= 4 is 11.6 Å². The van der Waals surface area contributed by atoms with Gasteiger partial charge in [0.1, 0.15) is 6.10 Å². The molecule has 1 N–H and O–H groups in total. The van der Waals surface area contributed by atoms with Gasteiger partial charge in [-0.2, -0.15) is 18.3 Å². The first-order valence-electron chi connectivity index (χ1n) is 6.24. The summed E-state index contributed by atoms with van der Waals surface area (Å²) in [6, 6.07) is 0. The van der Waals surface area contributed by atoms with E-state index >= 15 is 0 Å². The highest BCUT2D eigenvalue weighted by atomic mass is 35.5. The Bertz CT molecular complexity index is 427. The number of hydrogen-bond acceptors (Lipinski definition) is 2. The highest BCUT2D eigenvalue weighted by Gasteiger charge is 2.48. The maximum absolute atomic E-state index is 13.0. The van der Waals surface area contributed by atoms with Crippen LogP contribution >= 0.6 is 11.6 Å². The molecule has 0 amide bonds. The molecule has 1 aliphatic rings. The first kappa shape index (κ1) is 14.7. The van der Waals surface area contributed by atoms with Crippen molar-refractivity contribution < 1.29 is 18.3 Å².